The van der Waals surface area contributed by atoms with E-state index in [1.165, 1.54) is 11.1 Å². The molecular formula is C17H11Cl2N3O2S. The molecule has 1 atom stereocenters. The number of amides is 2. The first kappa shape index (κ1) is 17.5. The van der Waals surface area contributed by atoms with E-state index in [0.717, 1.165) is 0 Å². The highest BCUT2D eigenvalue weighted by molar-refractivity contribution is 7.80. The highest BCUT2D eigenvalue weighted by Gasteiger charge is 2.38. The second kappa shape index (κ2) is 7.31. The lowest BCUT2D eigenvalue weighted by molar-refractivity contribution is -0.130. The van der Waals surface area contributed by atoms with Crippen LogP contribution in [-0.2, 0) is 9.59 Å². The van der Waals surface area contributed by atoms with Crippen molar-refractivity contribution < 1.29 is 9.59 Å². The molecule has 0 aliphatic carbocycles. The van der Waals surface area contributed by atoms with Crippen LogP contribution in [0.15, 0.2) is 53.5 Å². The summed E-state index contributed by atoms with van der Waals surface area (Å²) in [5.74, 6) is -2.10. The summed E-state index contributed by atoms with van der Waals surface area (Å²) in [5.41, 5.74) is 1.06. The van der Waals surface area contributed by atoms with Gasteiger partial charge in [-0.1, -0.05) is 29.3 Å². The average Bonchev–Trinajstić information content (AvgIpc) is 2.56. The predicted molar refractivity (Wildman–Crippen MR) is 103 cm³/mol. The van der Waals surface area contributed by atoms with Crippen molar-refractivity contribution in [2.24, 2.45) is 10.9 Å². The van der Waals surface area contributed by atoms with Crippen LogP contribution in [0.25, 0.3) is 0 Å². The number of hydrogen-bond donors (Lipinski definition) is 1. The molecule has 1 aliphatic rings. The Kier molecular flexibility index (Phi) is 5.13. The van der Waals surface area contributed by atoms with E-state index in [1.807, 2.05) is 0 Å². The molecule has 25 heavy (non-hydrogen) atoms. The lowest BCUT2D eigenvalue weighted by atomic mass is 10.1. The number of benzene rings is 2. The third kappa shape index (κ3) is 3.87. The number of aliphatic imine (C=N–C) groups is 1. The van der Waals surface area contributed by atoms with Crippen LogP contribution >= 0.6 is 35.4 Å². The van der Waals surface area contributed by atoms with Gasteiger partial charge in [-0.25, -0.2) is 0 Å². The quantitative estimate of drug-likeness (QED) is 0.492. The Morgan fingerprint density at radius 3 is 2.48 bits per heavy atom. The van der Waals surface area contributed by atoms with Gasteiger partial charge in [-0.15, -0.1) is 0 Å². The van der Waals surface area contributed by atoms with Crippen molar-refractivity contribution in [1.82, 2.24) is 5.32 Å². The molecule has 1 aliphatic heterocycles. The molecular weight excluding hydrogens is 381 g/mol. The van der Waals surface area contributed by atoms with Gasteiger partial charge in [0.1, 0.15) is 0 Å². The number of hydrogen-bond acceptors (Lipinski definition) is 4. The second-order valence-electron chi connectivity index (χ2n) is 5.18. The van der Waals surface area contributed by atoms with Crippen LogP contribution in [-0.4, -0.2) is 23.1 Å². The molecule has 126 valence electrons. The fraction of sp³-hybridized carbons (Fsp3) is 0.0588. The van der Waals surface area contributed by atoms with E-state index < -0.39 is 17.7 Å². The number of anilines is 1. The molecule has 0 aromatic heterocycles. The van der Waals surface area contributed by atoms with Gasteiger partial charge in [0.25, 0.3) is 5.91 Å². The van der Waals surface area contributed by atoms with Crippen molar-refractivity contribution in [3.05, 3.63) is 58.6 Å². The van der Waals surface area contributed by atoms with E-state index in [9.17, 15) is 9.59 Å². The minimum atomic E-state index is -1.10. The summed E-state index contributed by atoms with van der Waals surface area (Å²) in [6.07, 6.45) is 1.29. The molecule has 0 spiro atoms. The minimum Gasteiger partial charge on any atom is -0.301 e. The van der Waals surface area contributed by atoms with Crippen LogP contribution in [0.2, 0.25) is 10.0 Å². The van der Waals surface area contributed by atoms with Gasteiger partial charge < -0.3 is 5.32 Å². The molecule has 1 heterocycles. The van der Waals surface area contributed by atoms with Crippen molar-refractivity contribution in [1.29, 1.82) is 0 Å². The Hall–Kier alpha value is -2.28. The summed E-state index contributed by atoms with van der Waals surface area (Å²) in [5, 5.41) is 3.58. The van der Waals surface area contributed by atoms with E-state index in [2.05, 4.69) is 10.3 Å². The third-order valence-corrected chi connectivity index (χ3v) is 4.24. The molecule has 2 aromatic carbocycles. The monoisotopic (exact) mass is 391 g/mol. The number of thiocarbonyl (C=S) groups is 1. The lowest BCUT2D eigenvalue weighted by Crippen LogP contribution is -2.58. The zero-order valence-corrected chi connectivity index (χ0v) is 15.0. The van der Waals surface area contributed by atoms with Crippen LogP contribution in [0.3, 0.4) is 0 Å². The normalized spacial score (nSPS) is 17.9. The Balaban J connectivity index is 1.89. The number of carbonyl (C=O) groups excluding carboxylic acids is 2. The van der Waals surface area contributed by atoms with Gasteiger partial charge in [0.15, 0.2) is 11.0 Å². The molecule has 2 aromatic rings. The third-order valence-electron chi connectivity index (χ3n) is 3.47. The van der Waals surface area contributed by atoms with E-state index in [0.29, 0.717) is 21.4 Å². The first-order valence-electron chi connectivity index (χ1n) is 7.20. The van der Waals surface area contributed by atoms with Crippen LogP contribution in [0, 0.1) is 5.92 Å². The second-order valence-corrected chi connectivity index (χ2v) is 6.44. The van der Waals surface area contributed by atoms with Gasteiger partial charge in [0.2, 0.25) is 5.91 Å². The van der Waals surface area contributed by atoms with E-state index in [1.54, 1.807) is 48.5 Å². The minimum absolute atomic E-state index is 0.0183. The summed E-state index contributed by atoms with van der Waals surface area (Å²) in [4.78, 5) is 30.3. The fourth-order valence-electron chi connectivity index (χ4n) is 2.27. The summed E-state index contributed by atoms with van der Waals surface area (Å²) in [7, 11) is 0. The first-order chi connectivity index (χ1) is 12.0. The zero-order chi connectivity index (χ0) is 18.0. The zero-order valence-electron chi connectivity index (χ0n) is 12.6. The van der Waals surface area contributed by atoms with E-state index in [-0.39, 0.29) is 5.11 Å². The summed E-state index contributed by atoms with van der Waals surface area (Å²) in [6.45, 7) is 0. The molecule has 1 N–H and O–H groups in total. The van der Waals surface area contributed by atoms with Gasteiger partial charge >= 0.3 is 0 Å². The molecule has 0 bridgehead atoms. The molecule has 1 fully saturated rings. The van der Waals surface area contributed by atoms with Crippen molar-refractivity contribution in [2.75, 3.05) is 4.90 Å². The molecule has 0 radical (unpaired) electrons. The highest BCUT2D eigenvalue weighted by atomic mass is 35.5. The number of nitrogens with one attached hydrogen (secondary N) is 1. The van der Waals surface area contributed by atoms with Gasteiger partial charge in [-0.2, -0.15) is 0 Å². The maximum absolute atomic E-state index is 12.7. The van der Waals surface area contributed by atoms with E-state index in [4.69, 9.17) is 35.4 Å². The lowest BCUT2D eigenvalue weighted by Gasteiger charge is -2.30. The summed E-state index contributed by atoms with van der Waals surface area (Å²) < 4.78 is 0. The van der Waals surface area contributed by atoms with Crippen LogP contribution in [0.4, 0.5) is 11.4 Å². The van der Waals surface area contributed by atoms with Crippen molar-refractivity contribution in [3.63, 3.8) is 0 Å². The summed E-state index contributed by atoms with van der Waals surface area (Å²) in [6, 6.07) is 13.4. The number of nitrogens with zero attached hydrogens (tertiary/aromatic N) is 2. The maximum Gasteiger partial charge on any atom is 0.251 e. The van der Waals surface area contributed by atoms with Crippen molar-refractivity contribution in [2.45, 2.75) is 0 Å². The van der Waals surface area contributed by atoms with Crippen LogP contribution in [0.1, 0.15) is 0 Å². The molecule has 2 amide bonds. The van der Waals surface area contributed by atoms with Gasteiger partial charge in [0.05, 0.1) is 11.4 Å². The molecule has 5 nitrogen and oxygen atoms in total. The smallest absolute Gasteiger partial charge is 0.251 e. The SMILES string of the molecule is O=C1NC(=S)N(c2ccc(Cl)cc2)C(=O)[C@H]1C=Nc1cccc(Cl)c1. The molecule has 8 heteroatoms. The highest BCUT2D eigenvalue weighted by Crippen LogP contribution is 2.23. The molecule has 1 saturated heterocycles. The Labute approximate surface area is 159 Å². The van der Waals surface area contributed by atoms with Crippen LogP contribution < -0.4 is 10.2 Å². The molecule has 0 unspecified atom stereocenters. The Bertz CT molecular complexity index is 884. The fourth-order valence-corrected chi connectivity index (χ4v) is 2.88. The first-order valence-corrected chi connectivity index (χ1v) is 8.36. The van der Waals surface area contributed by atoms with Gasteiger partial charge in [0, 0.05) is 16.3 Å². The standard InChI is InChI=1S/C17H11Cl2N3O2S/c18-10-4-6-13(7-5-10)22-16(24)14(15(23)21-17(22)25)9-20-12-3-1-2-11(19)8-12/h1-9,14H,(H,21,23,25)/t14-/m0/s1. The summed E-state index contributed by atoms with van der Waals surface area (Å²) >= 11 is 16.9. The molecule has 0 saturated carbocycles. The van der Waals surface area contributed by atoms with Gasteiger partial charge in [-0.05, 0) is 54.7 Å². The van der Waals surface area contributed by atoms with Crippen LogP contribution in [0.5, 0.6) is 0 Å². The Morgan fingerprint density at radius 1 is 1.08 bits per heavy atom. The molecule has 3 rings (SSSR count). The van der Waals surface area contributed by atoms with Crippen molar-refractivity contribution >= 4 is 69.9 Å². The Morgan fingerprint density at radius 2 is 1.80 bits per heavy atom. The predicted octanol–water partition coefficient (Wildman–Crippen LogP) is 3.76. The largest absolute Gasteiger partial charge is 0.301 e. The number of rotatable bonds is 3. The number of halogens is 2. The number of carbonyl (C=O) groups is 2. The van der Waals surface area contributed by atoms with E-state index >= 15 is 0 Å². The average molecular weight is 392 g/mol. The van der Waals surface area contributed by atoms with Crippen molar-refractivity contribution in [3.8, 4) is 0 Å². The maximum atomic E-state index is 12.7. The van der Waals surface area contributed by atoms with Gasteiger partial charge in [-0.3, -0.25) is 19.5 Å². The topological polar surface area (TPSA) is 61.8 Å².